The van der Waals surface area contributed by atoms with Crippen molar-refractivity contribution in [2.24, 2.45) is 11.1 Å². The van der Waals surface area contributed by atoms with Crippen molar-refractivity contribution in [2.45, 2.75) is 19.3 Å². The fraction of sp³-hybridized carbons (Fsp3) is 0.462. The van der Waals surface area contributed by atoms with Crippen molar-refractivity contribution < 1.29 is 4.79 Å². The molecule has 0 aliphatic heterocycles. The fourth-order valence-electron chi connectivity index (χ4n) is 2.21. The zero-order valence-electron chi connectivity index (χ0n) is 10.7. The summed E-state index contributed by atoms with van der Waals surface area (Å²) in [4.78, 5) is 11.9. The average Bonchev–Trinajstić information content (AvgIpc) is 3.15. The van der Waals surface area contributed by atoms with Gasteiger partial charge in [0.15, 0.2) is 5.65 Å². The minimum absolute atomic E-state index is 0.0730. The normalized spacial score (nSPS) is 16.5. The SMILES string of the molecule is NCC1(C(=O)NCCc2nnc3ccccn23)CC1. The molecule has 1 amide bonds. The van der Waals surface area contributed by atoms with Crippen LogP contribution in [0.3, 0.4) is 0 Å². The number of nitrogens with one attached hydrogen (secondary N) is 1. The van der Waals surface area contributed by atoms with Gasteiger partial charge in [0, 0.05) is 25.7 Å². The van der Waals surface area contributed by atoms with Crippen LogP contribution in [0.1, 0.15) is 18.7 Å². The van der Waals surface area contributed by atoms with Gasteiger partial charge in [-0.05, 0) is 25.0 Å². The Morgan fingerprint density at radius 3 is 3.00 bits per heavy atom. The molecule has 6 nitrogen and oxygen atoms in total. The number of pyridine rings is 1. The van der Waals surface area contributed by atoms with Crippen molar-refractivity contribution in [3.8, 4) is 0 Å². The van der Waals surface area contributed by atoms with Crippen LogP contribution < -0.4 is 11.1 Å². The highest BCUT2D eigenvalue weighted by Crippen LogP contribution is 2.44. The van der Waals surface area contributed by atoms with Gasteiger partial charge in [-0.2, -0.15) is 0 Å². The van der Waals surface area contributed by atoms with E-state index in [4.69, 9.17) is 5.73 Å². The Hall–Kier alpha value is -1.95. The molecular formula is C13H17N5O. The van der Waals surface area contributed by atoms with Crippen LogP contribution >= 0.6 is 0 Å². The molecule has 0 radical (unpaired) electrons. The van der Waals surface area contributed by atoms with Crippen LogP contribution in [-0.4, -0.2) is 33.6 Å². The van der Waals surface area contributed by atoms with Gasteiger partial charge in [0.2, 0.25) is 5.91 Å². The predicted molar refractivity (Wildman–Crippen MR) is 70.4 cm³/mol. The summed E-state index contributed by atoms with van der Waals surface area (Å²) in [6.07, 6.45) is 4.40. The predicted octanol–water partition coefficient (Wildman–Crippen LogP) is 0.127. The molecule has 0 saturated heterocycles. The van der Waals surface area contributed by atoms with Gasteiger partial charge in [0.25, 0.3) is 0 Å². The van der Waals surface area contributed by atoms with Gasteiger partial charge >= 0.3 is 0 Å². The standard InChI is InChI=1S/C13H17N5O/c14-9-13(5-6-13)12(19)15-7-4-11-17-16-10-3-1-2-8-18(10)11/h1-3,8H,4-7,9,14H2,(H,15,19). The van der Waals surface area contributed by atoms with Crippen LogP contribution in [0.25, 0.3) is 5.65 Å². The maximum Gasteiger partial charge on any atom is 0.227 e. The summed E-state index contributed by atoms with van der Waals surface area (Å²) in [6.45, 7) is 1.00. The lowest BCUT2D eigenvalue weighted by Gasteiger charge is -2.12. The Kier molecular flexibility index (Phi) is 2.94. The smallest absolute Gasteiger partial charge is 0.227 e. The first-order valence-corrected chi connectivity index (χ1v) is 6.52. The van der Waals surface area contributed by atoms with Gasteiger partial charge in [0.05, 0.1) is 5.41 Å². The highest BCUT2D eigenvalue weighted by atomic mass is 16.2. The summed E-state index contributed by atoms with van der Waals surface area (Å²) in [6, 6.07) is 5.77. The molecule has 1 saturated carbocycles. The molecule has 0 aromatic carbocycles. The Balaban J connectivity index is 1.59. The average molecular weight is 259 g/mol. The molecule has 0 atom stereocenters. The Morgan fingerprint density at radius 1 is 1.42 bits per heavy atom. The van der Waals surface area contributed by atoms with E-state index < -0.39 is 0 Å². The zero-order valence-corrected chi connectivity index (χ0v) is 10.7. The summed E-state index contributed by atoms with van der Waals surface area (Å²) in [5.41, 5.74) is 6.16. The van der Waals surface area contributed by atoms with Crippen LogP contribution in [0, 0.1) is 5.41 Å². The van der Waals surface area contributed by atoms with E-state index in [-0.39, 0.29) is 11.3 Å². The Bertz CT molecular complexity index is 602. The summed E-state index contributed by atoms with van der Waals surface area (Å²) in [7, 11) is 0. The van der Waals surface area contributed by atoms with E-state index in [1.165, 1.54) is 0 Å². The molecule has 100 valence electrons. The number of rotatable bonds is 5. The van der Waals surface area contributed by atoms with Gasteiger partial charge in [-0.3, -0.25) is 9.20 Å². The van der Waals surface area contributed by atoms with E-state index >= 15 is 0 Å². The van der Waals surface area contributed by atoms with Crippen molar-refractivity contribution >= 4 is 11.6 Å². The van der Waals surface area contributed by atoms with E-state index in [2.05, 4.69) is 15.5 Å². The van der Waals surface area contributed by atoms with E-state index in [0.29, 0.717) is 19.5 Å². The van der Waals surface area contributed by atoms with Crippen LogP contribution in [0.2, 0.25) is 0 Å². The van der Waals surface area contributed by atoms with E-state index in [9.17, 15) is 4.79 Å². The van der Waals surface area contributed by atoms with Crippen LogP contribution in [0.15, 0.2) is 24.4 Å². The zero-order chi connectivity index (χ0) is 13.3. The molecule has 2 aromatic heterocycles. The third-order valence-electron chi connectivity index (χ3n) is 3.74. The quantitative estimate of drug-likeness (QED) is 0.799. The first-order chi connectivity index (χ1) is 9.25. The largest absolute Gasteiger partial charge is 0.355 e. The van der Waals surface area contributed by atoms with E-state index in [0.717, 1.165) is 24.3 Å². The molecule has 1 fully saturated rings. The number of aromatic nitrogens is 3. The molecule has 0 bridgehead atoms. The van der Waals surface area contributed by atoms with E-state index in [1.54, 1.807) is 0 Å². The molecule has 3 rings (SSSR count). The second-order valence-corrected chi connectivity index (χ2v) is 5.04. The molecule has 2 heterocycles. The van der Waals surface area contributed by atoms with Crippen molar-refractivity contribution in [3.63, 3.8) is 0 Å². The van der Waals surface area contributed by atoms with Gasteiger partial charge in [-0.15, -0.1) is 10.2 Å². The third-order valence-corrected chi connectivity index (χ3v) is 3.74. The number of nitrogens with zero attached hydrogens (tertiary/aromatic N) is 3. The van der Waals surface area contributed by atoms with Crippen molar-refractivity contribution in [3.05, 3.63) is 30.2 Å². The lowest BCUT2D eigenvalue weighted by Crippen LogP contribution is -2.37. The lowest BCUT2D eigenvalue weighted by atomic mass is 10.1. The molecule has 0 unspecified atom stereocenters. The first-order valence-electron chi connectivity index (χ1n) is 6.52. The third kappa shape index (κ3) is 2.19. The number of hydrogen-bond acceptors (Lipinski definition) is 4. The Labute approximate surface area is 111 Å². The summed E-state index contributed by atoms with van der Waals surface area (Å²) >= 11 is 0. The maximum absolute atomic E-state index is 11.9. The first kappa shape index (κ1) is 12.1. The molecule has 19 heavy (non-hydrogen) atoms. The summed E-state index contributed by atoms with van der Waals surface area (Å²) < 4.78 is 1.93. The number of fused-ring (bicyclic) bond motifs is 1. The van der Waals surface area contributed by atoms with Crippen molar-refractivity contribution in [2.75, 3.05) is 13.1 Å². The molecule has 1 aliphatic rings. The number of hydrogen-bond donors (Lipinski definition) is 2. The summed E-state index contributed by atoms with van der Waals surface area (Å²) in [5, 5.41) is 11.1. The van der Waals surface area contributed by atoms with Gasteiger partial charge in [0.1, 0.15) is 5.82 Å². The van der Waals surface area contributed by atoms with Gasteiger partial charge < -0.3 is 11.1 Å². The maximum atomic E-state index is 11.9. The molecule has 3 N–H and O–H groups in total. The second kappa shape index (κ2) is 4.62. The molecule has 1 aliphatic carbocycles. The molecular weight excluding hydrogens is 242 g/mol. The number of carbonyl (C=O) groups excluding carboxylic acids is 1. The van der Waals surface area contributed by atoms with Gasteiger partial charge in [-0.1, -0.05) is 6.07 Å². The van der Waals surface area contributed by atoms with Crippen LogP contribution in [0.5, 0.6) is 0 Å². The minimum Gasteiger partial charge on any atom is -0.355 e. The second-order valence-electron chi connectivity index (χ2n) is 5.04. The molecule has 2 aromatic rings. The van der Waals surface area contributed by atoms with E-state index in [1.807, 2.05) is 28.8 Å². The fourth-order valence-corrected chi connectivity index (χ4v) is 2.21. The molecule has 0 spiro atoms. The van der Waals surface area contributed by atoms with Crippen LogP contribution in [-0.2, 0) is 11.2 Å². The highest BCUT2D eigenvalue weighted by molar-refractivity contribution is 5.85. The Morgan fingerprint density at radius 2 is 2.26 bits per heavy atom. The minimum atomic E-state index is -0.285. The summed E-state index contributed by atoms with van der Waals surface area (Å²) in [5.74, 6) is 0.928. The highest BCUT2D eigenvalue weighted by Gasteiger charge is 2.48. The molecule has 6 heteroatoms. The van der Waals surface area contributed by atoms with Gasteiger partial charge in [-0.25, -0.2) is 0 Å². The van der Waals surface area contributed by atoms with Crippen molar-refractivity contribution in [1.29, 1.82) is 0 Å². The van der Waals surface area contributed by atoms with Crippen molar-refractivity contribution in [1.82, 2.24) is 19.9 Å². The lowest BCUT2D eigenvalue weighted by molar-refractivity contribution is -0.125. The number of nitrogens with two attached hydrogens (primary N) is 1. The topological polar surface area (TPSA) is 85.3 Å². The number of amides is 1. The van der Waals surface area contributed by atoms with Crippen LogP contribution in [0.4, 0.5) is 0 Å². The number of carbonyl (C=O) groups is 1. The monoisotopic (exact) mass is 259 g/mol.